The number of hydrogen-bond acceptors (Lipinski definition) is 5. The number of para-hydroxylation sites is 1. The smallest absolute Gasteiger partial charge is 0.224 e. The van der Waals surface area contributed by atoms with Crippen LogP contribution in [0.4, 0.5) is 10.1 Å². The number of anilines is 1. The van der Waals surface area contributed by atoms with Gasteiger partial charge in [-0.05, 0) is 60.9 Å². The van der Waals surface area contributed by atoms with Gasteiger partial charge in [0, 0.05) is 23.7 Å². The van der Waals surface area contributed by atoms with E-state index in [9.17, 15) is 9.18 Å². The molecule has 0 aliphatic heterocycles. The fourth-order valence-corrected chi connectivity index (χ4v) is 4.70. The molecular weight excluding hydrogens is 493 g/mol. The standard InChI is InChI=1S/C30H26FN7O/c1-3-4-8-26(39)33-21-14-19(15-32-16-21)23-9-10-25-28(34-23)29(38-37-25)30-35-24-7-5-6-22(27(24)36-30)18-11-17(2)12-20(31)13-18/h5-7,9-16H,3-4,8H2,1-2H3,(H,33,39)(H,35,36)(H,37,38). The average Bonchev–Trinajstić information content (AvgIpc) is 3.55. The van der Waals surface area contributed by atoms with Crippen LogP contribution in [0.2, 0.25) is 0 Å². The number of amides is 1. The van der Waals surface area contributed by atoms with Gasteiger partial charge >= 0.3 is 0 Å². The van der Waals surface area contributed by atoms with E-state index in [1.54, 1.807) is 12.4 Å². The van der Waals surface area contributed by atoms with Crippen LogP contribution >= 0.6 is 0 Å². The summed E-state index contributed by atoms with van der Waals surface area (Å²) in [6, 6.07) is 16.4. The zero-order valence-electron chi connectivity index (χ0n) is 21.5. The Balaban J connectivity index is 1.38. The summed E-state index contributed by atoms with van der Waals surface area (Å²) in [5, 5.41) is 10.4. The van der Waals surface area contributed by atoms with Crippen LogP contribution in [0.1, 0.15) is 31.7 Å². The molecule has 6 rings (SSSR count). The molecule has 6 aromatic rings. The maximum Gasteiger partial charge on any atom is 0.224 e. The number of benzene rings is 2. The Labute approximate surface area is 223 Å². The second-order valence-corrected chi connectivity index (χ2v) is 9.58. The number of carbonyl (C=O) groups is 1. The number of aryl methyl sites for hydroxylation is 1. The van der Waals surface area contributed by atoms with Gasteiger partial charge < -0.3 is 10.3 Å². The summed E-state index contributed by atoms with van der Waals surface area (Å²) >= 11 is 0. The number of imidazole rings is 1. The Morgan fingerprint density at radius 1 is 0.974 bits per heavy atom. The SMILES string of the molecule is CCCCC(=O)Nc1cncc(-c2ccc3[nH]nc(-c4nc5c(-c6cc(C)cc(F)c6)cccc5[nH]4)c3n2)c1. The highest BCUT2D eigenvalue weighted by Crippen LogP contribution is 2.32. The molecule has 2 aromatic carbocycles. The lowest BCUT2D eigenvalue weighted by Gasteiger charge is -2.07. The minimum Gasteiger partial charge on any atom is -0.336 e. The number of aromatic nitrogens is 6. The van der Waals surface area contributed by atoms with E-state index in [0.29, 0.717) is 34.8 Å². The number of rotatable bonds is 7. The summed E-state index contributed by atoms with van der Waals surface area (Å²) < 4.78 is 14.2. The lowest BCUT2D eigenvalue weighted by atomic mass is 10.0. The van der Waals surface area contributed by atoms with E-state index < -0.39 is 0 Å². The molecule has 194 valence electrons. The molecule has 9 heteroatoms. The summed E-state index contributed by atoms with van der Waals surface area (Å²) in [5.41, 5.74) is 8.02. The van der Waals surface area contributed by atoms with Crippen molar-refractivity contribution in [3.05, 3.63) is 78.4 Å². The normalized spacial score (nSPS) is 11.4. The fourth-order valence-electron chi connectivity index (χ4n) is 4.70. The third kappa shape index (κ3) is 4.86. The molecule has 4 aromatic heterocycles. The van der Waals surface area contributed by atoms with Crippen LogP contribution in [0, 0.1) is 12.7 Å². The molecule has 1 amide bonds. The maximum absolute atomic E-state index is 14.2. The van der Waals surface area contributed by atoms with Crippen molar-refractivity contribution < 1.29 is 9.18 Å². The highest BCUT2D eigenvalue weighted by molar-refractivity contribution is 5.96. The van der Waals surface area contributed by atoms with E-state index in [4.69, 9.17) is 9.97 Å². The van der Waals surface area contributed by atoms with Gasteiger partial charge in [-0.25, -0.2) is 14.4 Å². The molecule has 0 saturated heterocycles. The molecule has 39 heavy (non-hydrogen) atoms. The lowest BCUT2D eigenvalue weighted by Crippen LogP contribution is -2.11. The molecule has 0 fully saturated rings. The number of nitrogens with zero attached hydrogens (tertiary/aromatic N) is 4. The summed E-state index contributed by atoms with van der Waals surface area (Å²) in [4.78, 5) is 29.6. The molecule has 0 spiro atoms. The Hall–Kier alpha value is -4.92. The van der Waals surface area contributed by atoms with Gasteiger partial charge in [-0.3, -0.25) is 14.9 Å². The van der Waals surface area contributed by atoms with Crippen LogP contribution in [-0.4, -0.2) is 36.0 Å². The fraction of sp³-hybridized carbons (Fsp3) is 0.167. The van der Waals surface area contributed by atoms with Gasteiger partial charge in [0.15, 0.2) is 11.5 Å². The second kappa shape index (κ2) is 10.1. The molecule has 0 bridgehead atoms. The van der Waals surface area contributed by atoms with Gasteiger partial charge in [0.25, 0.3) is 0 Å². The number of hydrogen-bond donors (Lipinski definition) is 3. The van der Waals surface area contributed by atoms with Crippen molar-refractivity contribution in [2.24, 2.45) is 0 Å². The van der Waals surface area contributed by atoms with E-state index in [-0.39, 0.29) is 11.7 Å². The summed E-state index contributed by atoms with van der Waals surface area (Å²) in [5.74, 6) is 0.234. The monoisotopic (exact) mass is 519 g/mol. The van der Waals surface area contributed by atoms with Crippen LogP contribution in [-0.2, 0) is 4.79 Å². The summed E-state index contributed by atoms with van der Waals surface area (Å²) in [6.07, 6.45) is 5.61. The molecule has 8 nitrogen and oxygen atoms in total. The molecule has 3 N–H and O–H groups in total. The Bertz CT molecular complexity index is 1820. The number of aromatic amines is 2. The van der Waals surface area contributed by atoms with Crippen LogP contribution in [0.3, 0.4) is 0 Å². The van der Waals surface area contributed by atoms with Gasteiger partial charge in [-0.2, -0.15) is 5.10 Å². The summed E-state index contributed by atoms with van der Waals surface area (Å²) in [6.45, 7) is 3.92. The second-order valence-electron chi connectivity index (χ2n) is 9.58. The van der Waals surface area contributed by atoms with Gasteiger partial charge in [0.2, 0.25) is 5.91 Å². The third-order valence-corrected chi connectivity index (χ3v) is 6.57. The van der Waals surface area contributed by atoms with Crippen molar-refractivity contribution >= 4 is 33.7 Å². The van der Waals surface area contributed by atoms with E-state index in [1.807, 2.05) is 49.4 Å². The number of fused-ring (bicyclic) bond motifs is 2. The van der Waals surface area contributed by atoms with E-state index in [2.05, 4.69) is 32.4 Å². The van der Waals surface area contributed by atoms with E-state index >= 15 is 0 Å². The van der Waals surface area contributed by atoms with Gasteiger partial charge in [0.1, 0.15) is 11.3 Å². The third-order valence-electron chi connectivity index (χ3n) is 6.57. The predicted octanol–water partition coefficient (Wildman–Crippen LogP) is 6.81. The van der Waals surface area contributed by atoms with Crippen LogP contribution in [0.15, 0.2) is 67.0 Å². The zero-order valence-corrected chi connectivity index (χ0v) is 21.5. The van der Waals surface area contributed by atoms with Gasteiger partial charge in [0.05, 0.1) is 34.1 Å². The van der Waals surface area contributed by atoms with Gasteiger partial charge in [-0.15, -0.1) is 0 Å². The van der Waals surface area contributed by atoms with Crippen molar-refractivity contribution in [1.82, 2.24) is 30.1 Å². The van der Waals surface area contributed by atoms with Crippen LogP contribution in [0.25, 0.3) is 56.0 Å². The molecular formula is C30H26FN7O. The molecule has 0 radical (unpaired) electrons. The molecule has 0 unspecified atom stereocenters. The molecule has 0 aliphatic carbocycles. The molecule has 4 heterocycles. The van der Waals surface area contributed by atoms with Crippen molar-refractivity contribution in [2.75, 3.05) is 5.32 Å². The molecule has 0 atom stereocenters. The first-order chi connectivity index (χ1) is 19.0. The lowest BCUT2D eigenvalue weighted by molar-refractivity contribution is -0.116. The number of unbranched alkanes of at least 4 members (excludes halogenated alkanes) is 1. The van der Waals surface area contributed by atoms with Crippen LogP contribution < -0.4 is 5.32 Å². The van der Waals surface area contributed by atoms with Crippen molar-refractivity contribution in [3.8, 4) is 33.9 Å². The van der Waals surface area contributed by atoms with Crippen molar-refractivity contribution in [3.63, 3.8) is 0 Å². The maximum atomic E-state index is 14.2. The number of H-pyrrole nitrogens is 2. The predicted molar refractivity (Wildman–Crippen MR) is 150 cm³/mol. The highest BCUT2D eigenvalue weighted by atomic mass is 19.1. The topological polar surface area (TPSA) is 112 Å². The quantitative estimate of drug-likeness (QED) is 0.215. The zero-order chi connectivity index (χ0) is 26.9. The Kier molecular flexibility index (Phi) is 6.32. The average molecular weight is 520 g/mol. The molecule has 0 aliphatic rings. The van der Waals surface area contributed by atoms with Crippen LogP contribution in [0.5, 0.6) is 0 Å². The molecule has 0 saturated carbocycles. The number of pyridine rings is 2. The minimum absolute atomic E-state index is 0.0333. The first-order valence-electron chi connectivity index (χ1n) is 12.9. The largest absolute Gasteiger partial charge is 0.336 e. The summed E-state index contributed by atoms with van der Waals surface area (Å²) in [7, 11) is 0. The van der Waals surface area contributed by atoms with E-state index in [0.717, 1.165) is 51.6 Å². The highest BCUT2D eigenvalue weighted by Gasteiger charge is 2.17. The van der Waals surface area contributed by atoms with Gasteiger partial charge in [-0.1, -0.05) is 31.5 Å². The van der Waals surface area contributed by atoms with Crippen molar-refractivity contribution in [2.45, 2.75) is 33.1 Å². The number of nitrogens with one attached hydrogen (secondary N) is 3. The number of carbonyl (C=O) groups excluding carboxylic acids is 1. The first kappa shape index (κ1) is 24.4. The van der Waals surface area contributed by atoms with Crippen molar-refractivity contribution in [1.29, 1.82) is 0 Å². The first-order valence-corrected chi connectivity index (χ1v) is 12.9. The Morgan fingerprint density at radius 2 is 1.87 bits per heavy atom. The minimum atomic E-state index is -0.285. The Morgan fingerprint density at radius 3 is 2.72 bits per heavy atom. The van der Waals surface area contributed by atoms with E-state index in [1.165, 1.54) is 12.1 Å². The number of halogens is 1.